The van der Waals surface area contributed by atoms with Crippen molar-refractivity contribution in [2.24, 2.45) is 0 Å². The third kappa shape index (κ3) is 3.99. The lowest BCUT2D eigenvalue weighted by Crippen LogP contribution is -2.36. The van der Waals surface area contributed by atoms with Crippen LogP contribution in [0.15, 0.2) is 66.9 Å². The zero-order chi connectivity index (χ0) is 27.6. The quantitative estimate of drug-likeness (QED) is 0.242. The van der Waals surface area contributed by atoms with E-state index in [1.165, 1.54) is 6.07 Å². The number of aromatic nitrogens is 2. The lowest BCUT2D eigenvalue weighted by atomic mass is 9.91. The van der Waals surface area contributed by atoms with Gasteiger partial charge < -0.3 is 14.5 Å². The van der Waals surface area contributed by atoms with Gasteiger partial charge in [-0.2, -0.15) is 0 Å². The molecule has 0 bridgehead atoms. The van der Waals surface area contributed by atoms with Crippen LogP contribution >= 0.6 is 0 Å². The topological polar surface area (TPSA) is 41.5 Å². The summed E-state index contributed by atoms with van der Waals surface area (Å²) in [6, 6.07) is 18.8. The summed E-state index contributed by atoms with van der Waals surface area (Å²) in [6.45, 7) is 9.84. The SMILES string of the molecule is Cc1c(-c2ccc3ccccc3c2)nc2cc(F)cc(F)c2c1N1CC(C)(C)c2ncc(N3CCOCC3)cc21. The molecular formula is C33H30F2N4O. The van der Waals surface area contributed by atoms with Gasteiger partial charge in [0.2, 0.25) is 0 Å². The summed E-state index contributed by atoms with van der Waals surface area (Å²) in [5, 5.41) is 2.53. The highest BCUT2D eigenvalue weighted by Gasteiger charge is 2.40. The second kappa shape index (κ2) is 9.24. The molecule has 0 aliphatic carbocycles. The molecule has 2 aliphatic heterocycles. The van der Waals surface area contributed by atoms with Gasteiger partial charge in [-0.15, -0.1) is 0 Å². The van der Waals surface area contributed by atoms with E-state index in [2.05, 4.69) is 54.0 Å². The summed E-state index contributed by atoms with van der Waals surface area (Å²) in [6.07, 6.45) is 1.93. The molecule has 4 heterocycles. The Morgan fingerprint density at radius 2 is 1.70 bits per heavy atom. The molecule has 3 aromatic carbocycles. The van der Waals surface area contributed by atoms with Crippen LogP contribution in [0.2, 0.25) is 0 Å². The zero-order valence-electron chi connectivity index (χ0n) is 22.8. The highest BCUT2D eigenvalue weighted by molar-refractivity contribution is 6.01. The average Bonchev–Trinajstić information content (AvgIpc) is 3.22. The van der Waals surface area contributed by atoms with E-state index < -0.39 is 11.6 Å². The Hall–Kier alpha value is -4.10. The van der Waals surface area contributed by atoms with Crippen LogP contribution in [0.5, 0.6) is 0 Å². The second-order valence-electron chi connectivity index (χ2n) is 11.4. The number of rotatable bonds is 3. The molecule has 0 saturated carbocycles. The van der Waals surface area contributed by atoms with E-state index in [1.54, 1.807) is 0 Å². The lowest BCUT2D eigenvalue weighted by Gasteiger charge is -2.30. The van der Waals surface area contributed by atoms with Crippen molar-refractivity contribution in [3.8, 4) is 11.3 Å². The van der Waals surface area contributed by atoms with Crippen LogP contribution < -0.4 is 9.80 Å². The minimum atomic E-state index is -0.643. The van der Waals surface area contributed by atoms with Crippen LogP contribution in [0.3, 0.4) is 0 Å². The number of halogens is 2. The fourth-order valence-electron chi connectivity index (χ4n) is 6.26. The fraction of sp³-hybridized carbons (Fsp3) is 0.273. The lowest BCUT2D eigenvalue weighted by molar-refractivity contribution is 0.122. The van der Waals surface area contributed by atoms with Gasteiger partial charge in [0.15, 0.2) is 0 Å². The van der Waals surface area contributed by atoms with E-state index in [0.717, 1.165) is 58.1 Å². The van der Waals surface area contributed by atoms with Gasteiger partial charge in [-0.1, -0.05) is 50.2 Å². The van der Waals surface area contributed by atoms with Gasteiger partial charge in [0.1, 0.15) is 11.6 Å². The van der Waals surface area contributed by atoms with Gasteiger partial charge in [0, 0.05) is 42.7 Å². The van der Waals surface area contributed by atoms with Gasteiger partial charge in [0.25, 0.3) is 0 Å². The predicted octanol–water partition coefficient (Wildman–Crippen LogP) is 7.30. The standard InChI is InChI=1S/C33H30F2N4O/c1-20-30(23-9-8-21-6-4-5-7-22(21)14-23)37-27-16-24(34)15-26(35)29(27)31(20)39-19-33(2,3)32-28(39)17-25(18-36-32)38-10-12-40-13-11-38/h4-9,14-18H,10-13,19H2,1-3H3. The minimum Gasteiger partial charge on any atom is -0.378 e. The van der Waals surface area contributed by atoms with Crippen molar-refractivity contribution in [3.05, 3.63) is 89.8 Å². The zero-order valence-corrected chi connectivity index (χ0v) is 22.8. The molecule has 0 amide bonds. The number of nitrogens with zero attached hydrogens (tertiary/aromatic N) is 4. The Balaban J connectivity index is 1.47. The summed E-state index contributed by atoms with van der Waals surface area (Å²) in [5.74, 6) is -1.26. The molecule has 1 saturated heterocycles. The summed E-state index contributed by atoms with van der Waals surface area (Å²) in [7, 11) is 0. The first-order chi connectivity index (χ1) is 19.3. The summed E-state index contributed by atoms with van der Waals surface area (Å²) < 4.78 is 35.8. The molecule has 0 radical (unpaired) electrons. The maximum atomic E-state index is 15.7. The number of benzene rings is 3. The number of hydrogen-bond acceptors (Lipinski definition) is 5. The van der Waals surface area contributed by atoms with E-state index in [4.69, 9.17) is 14.7 Å². The van der Waals surface area contributed by atoms with Crippen molar-refractivity contribution in [2.45, 2.75) is 26.2 Å². The number of hydrogen-bond donors (Lipinski definition) is 0. The Morgan fingerprint density at radius 1 is 0.925 bits per heavy atom. The normalized spacial score (nSPS) is 16.6. The number of pyridine rings is 2. The van der Waals surface area contributed by atoms with Crippen molar-refractivity contribution >= 4 is 38.7 Å². The minimum absolute atomic E-state index is 0.277. The van der Waals surface area contributed by atoms with Gasteiger partial charge in [-0.3, -0.25) is 4.98 Å². The van der Waals surface area contributed by atoms with Crippen LogP contribution in [0.4, 0.5) is 25.8 Å². The molecule has 0 unspecified atom stereocenters. The number of fused-ring (bicyclic) bond motifs is 3. The van der Waals surface area contributed by atoms with Gasteiger partial charge in [-0.25, -0.2) is 13.8 Å². The van der Waals surface area contributed by atoms with E-state index in [1.807, 2.05) is 31.3 Å². The maximum Gasteiger partial charge on any atom is 0.137 e. The van der Waals surface area contributed by atoms with E-state index in [0.29, 0.717) is 42.0 Å². The summed E-state index contributed by atoms with van der Waals surface area (Å²) >= 11 is 0. The molecule has 0 N–H and O–H groups in total. The van der Waals surface area contributed by atoms with Crippen molar-refractivity contribution in [1.82, 2.24) is 9.97 Å². The van der Waals surface area contributed by atoms with Crippen LogP contribution in [0.1, 0.15) is 25.1 Å². The second-order valence-corrected chi connectivity index (χ2v) is 11.4. The molecule has 2 aromatic heterocycles. The Kier molecular flexibility index (Phi) is 5.75. The van der Waals surface area contributed by atoms with E-state index in [-0.39, 0.29) is 5.41 Å². The molecule has 7 rings (SSSR count). The first kappa shape index (κ1) is 24.9. The first-order valence-electron chi connectivity index (χ1n) is 13.7. The molecule has 1 fully saturated rings. The molecule has 5 nitrogen and oxygen atoms in total. The smallest absolute Gasteiger partial charge is 0.137 e. The Morgan fingerprint density at radius 3 is 2.50 bits per heavy atom. The largest absolute Gasteiger partial charge is 0.378 e. The predicted molar refractivity (Wildman–Crippen MR) is 157 cm³/mol. The van der Waals surface area contributed by atoms with Crippen molar-refractivity contribution < 1.29 is 13.5 Å². The van der Waals surface area contributed by atoms with Crippen molar-refractivity contribution in [2.75, 3.05) is 42.6 Å². The van der Waals surface area contributed by atoms with Crippen molar-refractivity contribution in [1.29, 1.82) is 0 Å². The molecule has 0 atom stereocenters. The first-order valence-corrected chi connectivity index (χ1v) is 13.7. The third-order valence-electron chi connectivity index (χ3n) is 8.22. The van der Waals surface area contributed by atoms with Crippen molar-refractivity contribution in [3.63, 3.8) is 0 Å². The number of morpholine rings is 1. The maximum absolute atomic E-state index is 15.7. The highest BCUT2D eigenvalue weighted by Crippen LogP contribution is 2.49. The van der Waals surface area contributed by atoms with Crippen LogP contribution in [0.25, 0.3) is 32.9 Å². The molecular weight excluding hydrogens is 506 g/mol. The molecule has 2 aliphatic rings. The molecule has 40 heavy (non-hydrogen) atoms. The van der Waals surface area contributed by atoms with Crippen LogP contribution in [0, 0.1) is 18.6 Å². The molecule has 202 valence electrons. The fourth-order valence-corrected chi connectivity index (χ4v) is 6.26. The van der Waals surface area contributed by atoms with E-state index >= 15 is 4.39 Å². The van der Waals surface area contributed by atoms with Gasteiger partial charge in [-0.05, 0) is 35.4 Å². The van der Waals surface area contributed by atoms with Crippen LogP contribution in [-0.2, 0) is 10.2 Å². The molecule has 0 spiro atoms. The van der Waals surface area contributed by atoms with E-state index in [9.17, 15) is 4.39 Å². The summed E-state index contributed by atoms with van der Waals surface area (Å²) in [5.41, 5.74) is 6.10. The average molecular weight is 537 g/mol. The number of anilines is 3. The van der Waals surface area contributed by atoms with Crippen LogP contribution in [-0.4, -0.2) is 42.8 Å². The van der Waals surface area contributed by atoms with Gasteiger partial charge >= 0.3 is 0 Å². The molecule has 7 heteroatoms. The highest BCUT2D eigenvalue weighted by atomic mass is 19.1. The number of ether oxygens (including phenoxy) is 1. The van der Waals surface area contributed by atoms with Gasteiger partial charge in [0.05, 0.1) is 58.8 Å². The Bertz CT molecular complexity index is 1800. The monoisotopic (exact) mass is 536 g/mol. The molecule has 5 aromatic rings. The third-order valence-corrected chi connectivity index (χ3v) is 8.22. The Labute approximate surface area is 232 Å². The summed E-state index contributed by atoms with van der Waals surface area (Å²) in [4.78, 5) is 14.2.